The van der Waals surface area contributed by atoms with Crippen molar-refractivity contribution in [2.45, 2.75) is 93.7 Å². The van der Waals surface area contributed by atoms with Crippen molar-refractivity contribution < 1.29 is 27.2 Å². The fraction of sp³-hybridized carbons (Fsp3) is 0.697. The summed E-state index contributed by atoms with van der Waals surface area (Å²) in [6.45, 7) is 22.8. The molecule has 1 aromatic heterocycles. The third kappa shape index (κ3) is 13.6. The quantitative estimate of drug-likeness (QED) is 0.195. The molecule has 0 aliphatic heterocycles. The Hall–Kier alpha value is -2.83. The molecule has 45 heavy (non-hydrogen) atoms. The maximum absolute atomic E-state index is 13.2. The van der Waals surface area contributed by atoms with Gasteiger partial charge in [0.05, 0.1) is 13.2 Å². The van der Waals surface area contributed by atoms with Crippen LogP contribution in [0.3, 0.4) is 0 Å². The Morgan fingerprint density at radius 2 is 1.33 bits per heavy atom. The number of hydrogen-bond donors (Lipinski definition) is 3. The molecule has 0 fully saturated rings. The smallest absolute Gasteiger partial charge is 0.335 e. The lowest BCUT2D eigenvalue weighted by Gasteiger charge is -2.33. The zero-order chi connectivity index (χ0) is 34.7. The first kappa shape index (κ1) is 40.2. The Bertz CT molecular complexity index is 1330. The summed E-state index contributed by atoms with van der Waals surface area (Å²) in [5.74, 6) is -0.267. The van der Waals surface area contributed by atoms with Gasteiger partial charge in [0.1, 0.15) is 0 Å². The third-order valence-corrected chi connectivity index (χ3v) is 8.15. The number of anilines is 1. The molecule has 0 radical (unpaired) electrons. The number of nitrogens with one attached hydrogen (secondary N) is 3. The van der Waals surface area contributed by atoms with E-state index in [9.17, 15) is 18.0 Å². The average molecular weight is 652 g/mol. The van der Waals surface area contributed by atoms with E-state index in [1.165, 1.54) is 0 Å². The highest BCUT2D eigenvalue weighted by molar-refractivity contribution is 7.90. The third-order valence-electron chi connectivity index (χ3n) is 7.35. The van der Waals surface area contributed by atoms with Gasteiger partial charge in [-0.05, 0) is 68.0 Å². The number of amides is 2. The number of rotatable bonds is 17. The van der Waals surface area contributed by atoms with E-state index < -0.39 is 25.9 Å². The highest BCUT2D eigenvalue weighted by Gasteiger charge is 2.39. The van der Waals surface area contributed by atoms with Gasteiger partial charge in [-0.15, -0.1) is 5.10 Å². The highest BCUT2D eigenvalue weighted by Crippen LogP contribution is 2.35. The van der Waals surface area contributed by atoms with E-state index in [1.807, 2.05) is 48.6 Å². The van der Waals surface area contributed by atoms with Crippen molar-refractivity contribution in [1.82, 2.24) is 20.8 Å². The first-order chi connectivity index (χ1) is 20.7. The van der Waals surface area contributed by atoms with Gasteiger partial charge in [0.25, 0.3) is 0 Å². The molecule has 1 aromatic carbocycles. The van der Waals surface area contributed by atoms with Crippen LogP contribution in [0.25, 0.3) is 11.5 Å². The Balaban J connectivity index is 0.00000496. The topological polar surface area (TPSA) is 153 Å². The van der Waals surface area contributed by atoms with Crippen molar-refractivity contribution in [1.29, 1.82) is 0 Å². The summed E-state index contributed by atoms with van der Waals surface area (Å²) in [5, 5.41) is 16.0. The first-order valence-electron chi connectivity index (χ1n) is 15.6. The second-order valence-electron chi connectivity index (χ2n) is 14.3. The molecular weight excluding hydrogens is 594 g/mol. The zero-order valence-electron chi connectivity index (χ0n) is 29.5. The molecule has 0 spiro atoms. The number of ether oxygens (including phenoxy) is 1. The number of benzene rings is 1. The molecule has 0 aliphatic rings. The summed E-state index contributed by atoms with van der Waals surface area (Å²) < 4.78 is 34.5. The van der Waals surface area contributed by atoms with Crippen LogP contribution in [0.15, 0.2) is 33.9 Å². The van der Waals surface area contributed by atoms with Gasteiger partial charge in [0.15, 0.2) is 0 Å². The fourth-order valence-electron chi connectivity index (χ4n) is 4.70. The fourth-order valence-corrected chi connectivity index (χ4v) is 5.12. The summed E-state index contributed by atoms with van der Waals surface area (Å²) in [4.78, 5) is 26.4. The minimum atomic E-state index is -3.61. The van der Waals surface area contributed by atoms with Gasteiger partial charge >= 0.3 is 5.22 Å². The van der Waals surface area contributed by atoms with Crippen LogP contribution in [-0.2, 0) is 24.2 Å². The molecule has 11 nitrogen and oxygen atoms in total. The lowest BCUT2D eigenvalue weighted by Crippen LogP contribution is -2.44. The van der Waals surface area contributed by atoms with Crippen molar-refractivity contribution in [3.05, 3.63) is 24.3 Å². The molecule has 2 amide bonds. The Morgan fingerprint density at radius 1 is 0.822 bits per heavy atom. The molecule has 2 rings (SSSR count). The molecule has 0 saturated heterocycles. The maximum Gasteiger partial charge on any atom is 0.335 e. The molecule has 0 bridgehead atoms. The monoisotopic (exact) mass is 651 g/mol. The normalized spacial score (nSPS) is 12.7. The molecule has 0 saturated carbocycles. The Labute approximate surface area is 271 Å². The number of carbonyl (C=O) groups excluding carboxylic acids is 2. The van der Waals surface area contributed by atoms with Crippen LogP contribution in [0.4, 0.5) is 5.69 Å². The van der Waals surface area contributed by atoms with Crippen LogP contribution in [-0.4, -0.2) is 70.0 Å². The van der Waals surface area contributed by atoms with Crippen LogP contribution in [0.2, 0.25) is 0 Å². The Kier molecular flexibility index (Phi) is 14.9. The van der Waals surface area contributed by atoms with Gasteiger partial charge in [-0.1, -0.05) is 74.3 Å². The van der Waals surface area contributed by atoms with Gasteiger partial charge in [0.2, 0.25) is 27.5 Å². The van der Waals surface area contributed by atoms with Crippen molar-refractivity contribution in [3.8, 4) is 11.5 Å². The molecule has 2 aromatic rings. The van der Waals surface area contributed by atoms with Crippen LogP contribution < -0.4 is 16.0 Å². The van der Waals surface area contributed by atoms with Crippen LogP contribution in [0.5, 0.6) is 0 Å². The molecule has 256 valence electrons. The van der Waals surface area contributed by atoms with Crippen LogP contribution in [0, 0.1) is 21.7 Å². The summed E-state index contributed by atoms with van der Waals surface area (Å²) in [7, 11) is -1.65. The van der Waals surface area contributed by atoms with Gasteiger partial charge in [-0.3, -0.25) is 9.59 Å². The zero-order valence-corrected chi connectivity index (χ0v) is 30.3. The van der Waals surface area contributed by atoms with E-state index in [1.54, 1.807) is 24.3 Å². The van der Waals surface area contributed by atoms with Crippen molar-refractivity contribution in [2.24, 2.45) is 21.7 Å². The SMILES string of the molecule is CC.CNCCC(C)(C)COCC(C)(C)CCNC(=O)C(C)(C)CC(C)(C)C(=O)Nc1ccc(-c2nnc(S(C)(=O)=O)o2)cc1. The lowest BCUT2D eigenvalue weighted by molar-refractivity contribution is -0.133. The van der Waals surface area contributed by atoms with Gasteiger partial charge in [0, 0.05) is 34.9 Å². The van der Waals surface area contributed by atoms with Gasteiger partial charge < -0.3 is 25.1 Å². The minimum Gasteiger partial charge on any atom is -0.408 e. The van der Waals surface area contributed by atoms with Crippen LogP contribution in [0.1, 0.15) is 88.5 Å². The molecule has 3 N–H and O–H groups in total. The van der Waals surface area contributed by atoms with Crippen molar-refractivity contribution >= 4 is 27.3 Å². The molecule has 0 unspecified atom stereocenters. The predicted molar refractivity (Wildman–Crippen MR) is 180 cm³/mol. The standard InChI is InChI=1S/C31H51N5O6S.C2H6/c1-28(2,15-17-32-9)20-41-21-29(3,4)16-18-33-25(37)30(5,6)19-31(7,8)26(38)34-23-13-11-22(12-14-23)24-35-36-27(42-24)43(10,39)40;1-2/h11-14,32H,15-21H2,1-10H3,(H,33,37)(H,34,38);1-2H3. The predicted octanol–water partition coefficient (Wildman–Crippen LogP) is 5.73. The van der Waals surface area contributed by atoms with Crippen LogP contribution >= 0.6 is 0 Å². The van der Waals surface area contributed by atoms with E-state index in [2.05, 4.69) is 53.8 Å². The van der Waals surface area contributed by atoms with Gasteiger partial charge in [-0.25, -0.2) is 8.42 Å². The maximum atomic E-state index is 13.2. The largest absolute Gasteiger partial charge is 0.408 e. The van der Waals surface area contributed by atoms with E-state index in [0.717, 1.165) is 25.6 Å². The summed E-state index contributed by atoms with van der Waals surface area (Å²) in [6, 6.07) is 6.63. The minimum absolute atomic E-state index is 0.0615. The number of carbonyl (C=O) groups is 2. The summed E-state index contributed by atoms with van der Waals surface area (Å²) in [6.07, 6.45) is 3.13. The second-order valence-corrected chi connectivity index (χ2v) is 16.2. The van der Waals surface area contributed by atoms with Crippen molar-refractivity contribution in [3.63, 3.8) is 0 Å². The van der Waals surface area contributed by atoms with E-state index in [-0.39, 0.29) is 28.5 Å². The number of nitrogens with zero attached hydrogens (tertiary/aromatic N) is 2. The van der Waals surface area contributed by atoms with E-state index in [0.29, 0.717) is 37.4 Å². The van der Waals surface area contributed by atoms with Gasteiger partial charge in [-0.2, -0.15) is 0 Å². The summed E-state index contributed by atoms with van der Waals surface area (Å²) >= 11 is 0. The lowest BCUT2D eigenvalue weighted by atomic mass is 9.74. The number of aromatic nitrogens is 2. The van der Waals surface area contributed by atoms with E-state index >= 15 is 0 Å². The molecule has 0 aliphatic carbocycles. The highest BCUT2D eigenvalue weighted by atomic mass is 32.2. The molecular formula is C33H57N5O6S. The number of sulfone groups is 1. The molecule has 0 atom stereocenters. The molecule has 1 heterocycles. The van der Waals surface area contributed by atoms with E-state index in [4.69, 9.17) is 9.15 Å². The first-order valence-corrected chi connectivity index (χ1v) is 17.5. The van der Waals surface area contributed by atoms with Crippen molar-refractivity contribution in [2.75, 3.05) is 44.9 Å². The second kappa shape index (κ2) is 16.6. The molecule has 12 heteroatoms. The average Bonchev–Trinajstić information content (AvgIpc) is 3.44. The number of hydrogen-bond acceptors (Lipinski definition) is 9. The summed E-state index contributed by atoms with van der Waals surface area (Å²) in [5.41, 5.74) is -0.560. The Morgan fingerprint density at radius 3 is 1.82 bits per heavy atom.